The number of ether oxygens (including phenoxy) is 1. The largest absolute Gasteiger partial charge is 0.453 e. The van der Waals surface area contributed by atoms with E-state index in [1.54, 1.807) is 9.80 Å². The van der Waals surface area contributed by atoms with Crippen molar-refractivity contribution in [3.63, 3.8) is 0 Å². The Morgan fingerprint density at radius 2 is 1.96 bits per heavy atom. The summed E-state index contributed by atoms with van der Waals surface area (Å²) in [5.41, 5.74) is 1.65. The van der Waals surface area contributed by atoms with Gasteiger partial charge in [-0.2, -0.15) is 0 Å². The molecule has 0 unspecified atom stereocenters. The number of methoxy groups -OCH3 is 1. The van der Waals surface area contributed by atoms with E-state index in [0.717, 1.165) is 22.6 Å². The average Bonchev–Trinajstić information content (AvgIpc) is 2.87. The van der Waals surface area contributed by atoms with E-state index in [1.165, 1.54) is 18.9 Å². The molecular formula is C17H21N3O4S. The number of rotatable bonds is 2. The number of anilines is 1. The average molecular weight is 363 g/mol. The topological polar surface area (TPSA) is 79.0 Å². The molecule has 1 aromatic rings. The summed E-state index contributed by atoms with van der Waals surface area (Å²) < 4.78 is 4.75. The van der Waals surface area contributed by atoms with E-state index in [2.05, 4.69) is 5.32 Å². The van der Waals surface area contributed by atoms with Crippen molar-refractivity contribution in [2.75, 3.05) is 44.4 Å². The van der Waals surface area contributed by atoms with Crippen LogP contribution in [0.4, 0.5) is 10.5 Å². The van der Waals surface area contributed by atoms with Crippen molar-refractivity contribution in [3.05, 3.63) is 23.8 Å². The van der Waals surface area contributed by atoms with Gasteiger partial charge in [0, 0.05) is 31.1 Å². The molecule has 0 spiro atoms. The standard InChI is InChI=1S/C17H21N3O4S/c1-24-17(23)20-6-2-5-19(7-8-20)16(22)10-12-3-4-14-13(9-12)18-15(21)11-25-14/h3-4,9H,2,5-8,10-11H2,1H3,(H,18,21). The number of amides is 3. The number of hydrogen-bond acceptors (Lipinski definition) is 5. The second-order valence-electron chi connectivity index (χ2n) is 6.04. The van der Waals surface area contributed by atoms with E-state index in [-0.39, 0.29) is 24.3 Å². The predicted molar refractivity (Wildman–Crippen MR) is 94.7 cm³/mol. The van der Waals surface area contributed by atoms with Crippen LogP contribution in [-0.2, 0) is 20.7 Å². The van der Waals surface area contributed by atoms with E-state index in [9.17, 15) is 14.4 Å². The fourth-order valence-corrected chi connectivity index (χ4v) is 3.79. The van der Waals surface area contributed by atoms with Gasteiger partial charge in [-0.15, -0.1) is 11.8 Å². The molecule has 134 valence electrons. The van der Waals surface area contributed by atoms with Gasteiger partial charge in [-0.1, -0.05) is 6.07 Å². The Balaban J connectivity index is 1.61. The Morgan fingerprint density at radius 1 is 1.20 bits per heavy atom. The van der Waals surface area contributed by atoms with Gasteiger partial charge in [-0.3, -0.25) is 9.59 Å². The zero-order valence-corrected chi connectivity index (χ0v) is 14.9. The Bertz CT molecular complexity index is 694. The summed E-state index contributed by atoms with van der Waals surface area (Å²) in [6.45, 7) is 2.21. The van der Waals surface area contributed by atoms with Gasteiger partial charge in [0.15, 0.2) is 0 Å². The van der Waals surface area contributed by atoms with E-state index in [1.807, 2.05) is 18.2 Å². The van der Waals surface area contributed by atoms with E-state index >= 15 is 0 Å². The van der Waals surface area contributed by atoms with Crippen LogP contribution in [0.15, 0.2) is 23.1 Å². The van der Waals surface area contributed by atoms with Crippen LogP contribution in [0.1, 0.15) is 12.0 Å². The minimum atomic E-state index is -0.350. The summed E-state index contributed by atoms with van der Waals surface area (Å²) in [4.78, 5) is 40.2. The molecule has 2 heterocycles. The molecule has 3 amide bonds. The fourth-order valence-electron chi connectivity index (χ4n) is 3.01. The normalized spacial score (nSPS) is 17.4. The number of nitrogens with zero attached hydrogens (tertiary/aromatic N) is 2. The molecular weight excluding hydrogens is 342 g/mol. The molecule has 0 bridgehead atoms. The van der Waals surface area contributed by atoms with Crippen LogP contribution >= 0.6 is 11.8 Å². The highest BCUT2D eigenvalue weighted by atomic mass is 32.2. The fraction of sp³-hybridized carbons (Fsp3) is 0.471. The molecule has 3 rings (SSSR count). The van der Waals surface area contributed by atoms with E-state index in [4.69, 9.17) is 4.74 Å². The molecule has 0 aliphatic carbocycles. The van der Waals surface area contributed by atoms with Gasteiger partial charge in [0.25, 0.3) is 0 Å². The molecule has 8 heteroatoms. The maximum absolute atomic E-state index is 12.6. The number of carbonyl (C=O) groups is 3. The second kappa shape index (κ2) is 7.77. The van der Waals surface area contributed by atoms with Gasteiger partial charge in [-0.05, 0) is 24.1 Å². The Hall–Kier alpha value is -2.22. The SMILES string of the molecule is COC(=O)N1CCCN(C(=O)Cc2ccc3c(c2)NC(=O)CS3)CC1. The number of nitrogens with one attached hydrogen (secondary N) is 1. The van der Waals surface area contributed by atoms with Gasteiger partial charge < -0.3 is 19.9 Å². The van der Waals surface area contributed by atoms with Crippen LogP contribution in [0.5, 0.6) is 0 Å². The first-order valence-electron chi connectivity index (χ1n) is 8.23. The lowest BCUT2D eigenvalue weighted by Gasteiger charge is -2.22. The maximum Gasteiger partial charge on any atom is 0.409 e. The molecule has 0 saturated carbocycles. The summed E-state index contributed by atoms with van der Waals surface area (Å²) in [6.07, 6.45) is 0.668. The molecule has 7 nitrogen and oxygen atoms in total. The smallest absolute Gasteiger partial charge is 0.409 e. The summed E-state index contributed by atoms with van der Waals surface area (Å²) in [5.74, 6) is 0.438. The van der Waals surface area contributed by atoms with Crippen molar-refractivity contribution in [3.8, 4) is 0 Å². The Labute approximate surface area is 150 Å². The molecule has 1 fully saturated rings. The van der Waals surface area contributed by atoms with Crippen LogP contribution in [-0.4, -0.2) is 66.7 Å². The lowest BCUT2D eigenvalue weighted by Crippen LogP contribution is -2.37. The first-order valence-corrected chi connectivity index (χ1v) is 9.21. The zero-order valence-electron chi connectivity index (χ0n) is 14.1. The van der Waals surface area contributed by atoms with Crippen LogP contribution in [0.3, 0.4) is 0 Å². The van der Waals surface area contributed by atoms with Crippen LogP contribution in [0.25, 0.3) is 0 Å². The first-order chi connectivity index (χ1) is 12.1. The summed E-state index contributed by atoms with van der Waals surface area (Å²) in [6, 6.07) is 5.75. The Morgan fingerprint density at radius 3 is 2.76 bits per heavy atom. The number of fused-ring (bicyclic) bond motifs is 1. The van der Waals surface area contributed by atoms with Crippen LogP contribution in [0, 0.1) is 0 Å². The summed E-state index contributed by atoms with van der Waals surface area (Å²) in [7, 11) is 1.36. The lowest BCUT2D eigenvalue weighted by molar-refractivity contribution is -0.130. The van der Waals surface area contributed by atoms with Crippen molar-refractivity contribution in [1.29, 1.82) is 0 Å². The van der Waals surface area contributed by atoms with Crippen LogP contribution < -0.4 is 5.32 Å². The van der Waals surface area contributed by atoms with Crippen molar-refractivity contribution < 1.29 is 19.1 Å². The van der Waals surface area contributed by atoms with E-state index < -0.39 is 0 Å². The third-order valence-electron chi connectivity index (χ3n) is 4.31. The minimum Gasteiger partial charge on any atom is -0.453 e. The van der Waals surface area contributed by atoms with Crippen molar-refractivity contribution in [2.24, 2.45) is 0 Å². The molecule has 25 heavy (non-hydrogen) atoms. The zero-order chi connectivity index (χ0) is 17.8. The number of thioether (sulfide) groups is 1. The molecule has 0 atom stereocenters. The third kappa shape index (κ3) is 4.25. The number of carbonyl (C=O) groups excluding carboxylic acids is 3. The number of hydrogen-bond donors (Lipinski definition) is 1. The number of benzene rings is 1. The molecule has 2 aliphatic rings. The van der Waals surface area contributed by atoms with Gasteiger partial charge in [0.1, 0.15) is 0 Å². The molecule has 0 aromatic heterocycles. The quantitative estimate of drug-likeness (QED) is 0.863. The summed E-state index contributed by atoms with van der Waals surface area (Å²) >= 11 is 1.50. The van der Waals surface area contributed by atoms with Gasteiger partial charge in [0.05, 0.1) is 25.0 Å². The molecule has 2 aliphatic heterocycles. The molecule has 1 aromatic carbocycles. The highest BCUT2D eigenvalue weighted by molar-refractivity contribution is 8.00. The third-order valence-corrected chi connectivity index (χ3v) is 5.39. The minimum absolute atomic E-state index is 0.0172. The first kappa shape index (κ1) is 17.6. The molecule has 0 radical (unpaired) electrons. The predicted octanol–water partition coefficient (Wildman–Crippen LogP) is 1.57. The van der Waals surface area contributed by atoms with Crippen molar-refractivity contribution in [1.82, 2.24) is 9.80 Å². The van der Waals surface area contributed by atoms with Crippen molar-refractivity contribution in [2.45, 2.75) is 17.7 Å². The van der Waals surface area contributed by atoms with E-state index in [0.29, 0.717) is 31.9 Å². The maximum atomic E-state index is 12.6. The highest BCUT2D eigenvalue weighted by Gasteiger charge is 2.23. The van der Waals surface area contributed by atoms with Gasteiger partial charge in [0.2, 0.25) is 11.8 Å². The molecule has 1 saturated heterocycles. The highest BCUT2D eigenvalue weighted by Crippen LogP contribution is 2.32. The lowest BCUT2D eigenvalue weighted by atomic mass is 10.1. The molecule has 1 N–H and O–H groups in total. The second-order valence-corrected chi connectivity index (χ2v) is 7.05. The van der Waals surface area contributed by atoms with Crippen LogP contribution in [0.2, 0.25) is 0 Å². The van der Waals surface area contributed by atoms with Gasteiger partial charge >= 0.3 is 6.09 Å². The van der Waals surface area contributed by atoms with Gasteiger partial charge in [-0.25, -0.2) is 4.79 Å². The summed E-state index contributed by atoms with van der Waals surface area (Å²) in [5, 5.41) is 2.85. The monoisotopic (exact) mass is 363 g/mol. The van der Waals surface area contributed by atoms with Crippen molar-refractivity contribution >= 4 is 35.4 Å². The Kier molecular flexibility index (Phi) is 5.47.